The van der Waals surface area contributed by atoms with E-state index in [4.69, 9.17) is 11.6 Å². The van der Waals surface area contributed by atoms with Gasteiger partial charge < -0.3 is 9.80 Å². The summed E-state index contributed by atoms with van der Waals surface area (Å²) in [5, 5.41) is 3.53. The van der Waals surface area contributed by atoms with Gasteiger partial charge in [-0.15, -0.1) is 11.3 Å². The molecule has 2 aromatic heterocycles. The summed E-state index contributed by atoms with van der Waals surface area (Å²) in [5.41, 5.74) is 2.82. The van der Waals surface area contributed by atoms with Crippen LogP contribution in [0, 0.1) is 0 Å². The van der Waals surface area contributed by atoms with Gasteiger partial charge in [0.2, 0.25) is 5.91 Å². The van der Waals surface area contributed by atoms with Crippen molar-refractivity contribution in [1.82, 2.24) is 19.8 Å². The smallest absolute Gasteiger partial charge is 0.228 e. The Morgan fingerprint density at radius 1 is 1.14 bits per heavy atom. The van der Waals surface area contributed by atoms with E-state index in [2.05, 4.69) is 14.9 Å². The number of hydrogen-bond acceptors (Lipinski definition) is 5. The highest BCUT2D eigenvalue weighted by Crippen LogP contribution is 2.23. The minimum atomic E-state index is 0.0693. The van der Waals surface area contributed by atoms with E-state index >= 15 is 0 Å². The number of rotatable bonds is 8. The number of thiazole rings is 1. The molecular formula is C21H23ClN4OS. The molecule has 0 aliphatic rings. The van der Waals surface area contributed by atoms with E-state index in [1.807, 2.05) is 60.8 Å². The van der Waals surface area contributed by atoms with Gasteiger partial charge in [-0.05, 0) is 43.9 Å². The van der Waals surface area contributed by atoms with Crippen molar-refractivity contribution in [3.63, 3.8) is 0 Å². The van der Waals surface area contributed by atoms with Crippen molar-refractivity contribution in [2.45, 2.75) is 13.0 Å². The molecule has 0 radical (unpaired) electrons. The fourth-order valence-corrected chi connectivity index (χ4v) is 3.64. The molecule has 0 spiro atoms. The zero-order chi connectivity index (χ0) is 19.9. The monoisotopic (exact) mass is 414 g/mol. The summed E-state index contributed by atoms with van der Waals surface area (Å²) in [6.07, 6.45) is 3.81. The normalized spacial score (nSPS) is 11.0. The van der Waals surface area contributed by atoms with Crippen LogP contribution in [0.4, 0.5) is 0 Å². The molecule has 28 heavy (non-hydrogen) atoms. The van der Waals surface area contributed by atoms with Gasteiger partial charge in [0.05, 0.1) is 12.1 Å². The lowest BCUT2D eigenvalue weighted by atomic mass is 10.2. The van der Waals surface area contributed by atoms with Gasteiger partial charge in [-0.3, -0.25) is 9.78 Å². The number of likely N-dealkylation sites (N-methyl/N-ethyl adjacent to an activating group) is 1. The maximum atomic E-state index is 13.0. The fraction of sp³-hybridized carbons (Fsp3) is 0.286. The van der Waals surface area contributed by atoms with E-state index < -0.39 is 0 Å². The largest absolute Gasteiger partial charge is 0.337 e. The Labute approximate surface area is 174 Å². The number of halogens is 1. The third-order valence-corrected chi connectivity index (χ3v) is 5.44. The minimum Gasteiger partial charge on any atom is -0.337 e. The average Bonchev–Trinajstić information content (AvgIpc) is 3.15. The summed E-state index contributed by atoms with van der Waals surface area (Å²) in [6.45, 7) is 2.02. The molecule has 2 heterocycles. The Balaban J connectivity index is 1.69. The lowest BCUT2D eigenvalue weighted by Gasteiger charge is -2.24. The van der Waals surface area contributed by atoms with Crippen LogP contribution in [0.5, 0.6) is 0 Å². The van der Waals surface area contributed by atoms with Crippen LogP contribution in [0.25, 0.3) is 10.6 Å². The van der Waals surface area contributed by atoms with Crippen LogP contribution in [0.1, 0.15) is 11.3 Å². The number of carbonyl (C=O) groups is 1. The number of carbonyl (C=O) groups excluding carboxylic acids is 1. The molecule has 0 saturated heterocycles. The van der Waals surface area contributed by atoms with Crippen LogP contribution in [-0.2, 0) is 17.8 Å². The maximum absolute atomic E-state index is 13.0. The Hall–Kier alpha value is -2.28. The molecule has 7 heteroatoms. The van der Waals surface area contributed by atoms with Gasteiger partial charge in [0, 0.05) is 48.0 Å². The molecule has 3 aromatic rings. The SMILES string of the molecule is CN(C)CCN(Cc1ccc(Cl)cc1)C(=O)Cc1csc(-c2cccnc2)n1. The highest BCUT2D eigenvalue weighted by atomic mass is 35.5. The molecule has 0 N–H and O–H groups in total. The summed E-state index contributed by atoms with van der Waals surface area (Å²) in [7, 11) is 4.01. The number of aromatic nitrogens is 2. The molecule has 1 amide bonds. The van der Waals surface area contributed by atoms with E-state index in [1.54, 1.807) is 12.4 Å². The van der Waals surface area contributed by atoms with E-state index in [0.717, 1.165) is 28.4 Å². The Morgan fingerprint density at radius 3 is 2.61 bits per heavy atom. The third-order valence-electron chi connectivity index (χ3n) is 4.25. The van der Waals surface area contributed by atoms with Crippen LogP contribution >= 0.6 is 22.9 Å². The quantitative estimate of drug-likeness (QED) is 0.559. The lowest BCUT2D eigenvalue weighted by molar-refractivity contribution is -0.131. The van der Waals surface area contributed by atoms with E-state index in [1.165, 1.54) is 11.3 Å². The third kappa shape index (κ3) is 5.86. The first-order chi connectivity index (χ1) is 13.5. The standard InChI is InChI=1S/C21H23ClN4OS/c1-25(2)10-11-26(14-16-5-7-18(22)8-6-16)20(27)12-19-15-28-21(24-19)17-4-3-9-23-13-17/h3-9,13,15H,10-12,14H2,1-2H3. The average molecular weight is 415 g/mol. The summed E-state index contributed by atoms with van der Waals surface area (Å²) < 4.78 is 0. The van der Waals surface area contributed by atoms with Crippen LogP contribution < -0.4 is 0 Å². The summed E-state index contributed by atoms with van der Waals surface area (Å²) in [6, 6.07) is 11.5. The van der Waals surface area contributed by atoms with Crippen LogP contribution in [0.15, 0.2) is 54.2 Å². The first-order valence-electron chi connectivity index (χ1n) is 9.03. The summed E-state index contributed by atoms with van der Waals surface area (Å²) in [5.74, 6) is 0.0693. The minimum absolute atomic E-state index is 0.0693. The van der Waals surface area contributed by atoms with Gasteiger partial charge in [0.1, 0.15) is 5.01 Å². The van der Waals surface area contributed by atoms with Crippen molar-refractivity contribution in [1.29, 1.82) is 0 Å². The van der Waals surface area contributed by atoms with E-state index in [9.17, 15) is 4.79 Å². The highest BCUT2D eigenvalue weighted by Gasteiger charge is 2.17. The zero-order valence-electron chi connectivity index (χ0n) is 16.0. The second-order valence-corrected chi connectivity index (χ2v) is 8.10. The summed E-state index contributed by atoms with van der Waals surface area (Å²) >= 11 is 7.51. The van der Waals surface area contributed by atoms with E-state index in [0.29, 0.717) is 18.1 Å². The topological polar surface area (TPSA) is 49.3 Å². The van der Waals surface area contributed by atoms with E-state index in [-0.39, 0.29) is 12.3 Å². The van der Waals surface area contributed by atoms with Crippen LogP contribution in [-0.4, -0.2) is 52.9 Å². The fourth-order valence-electron chi connectivity index (χ4n) is 2.70. The number of benzene rings is 1. The highest BCUT2D eigenvalue weighted by molar-refractivity contribution is 7.13. The zero-order valence-corrected chi connectivity index (χ0v) is 17.6. The predicted octanol–water partition coefficient (Wildman–Crippen LogP) is 3.99. The Kier molecular flexibility index (Phi) is 7.14. The second-order valence-electron chi connectivity index (χ2n) is 6.81. The second kappa shape index (κ2) is 9.78. The Bertz CT molecular complexity index is 896. The first-order valence-corrected chi connectivity index (χ1v) is 10.3. The predicted molar refractivity (Wildman–Crippen MR) is 114 cm³/mol. The molecule has 0 aliphatic heterocycles. The van der Waals surface area contributed by atoms with Gasteiger partial charge in [-0.1, -0.05) is 23.7 Å². The van der Waals surface area contributed by atoms with Gasteiger partial charge in [0.25, 0.3) is 0 Å². The lowest BCUT2D eigenvalue weighted by Crippen LogP contribution is -2.37. The Morgan fingerprint density at radius 2 is 1.93 bits per heavy atom. The molecule has 0 unspecified atom stereocenters. The van der Waals surface area contributed by atoms with Gasteiger partial charge in [0.15, 0.2) is 0 Å². The van der Waals surface area contributed by atoms with Crippen molar-refractivity contribution >= 4 is 28.8 Å². The molecular weight excluding hydrogens is 392 g/mol. The number of amides is 1. The van der Waals surface area contributed by atoms with Crippen molar-refractivity contribution in [3.8, 4) is 10.6 Å². The van der Waals surface area contributed by atoms with Crippen molar-refractivity contribution < 1.29 is 4.79 Å². The van der Waals surface area contributed by atoms with Gasteiger partial charge in [-0.25, -0.2) is 4.98 Å². The first kappa shape index (κ1) is 20.5. The molecule has 0 saturated carbocycles. The molecule has 0 aliphatic carbocycles. The molecule has 1 aromatic carbocycles. The number of hydrogen-bond donors (Lipinski definition) is 0. The maximum Gasteiger partial charge on any atom is 0.228 e. The van der Waals surface area contributed by atoms with Crippen molar-refractivity contribution in [3.05, 3.63) is 70.5 Å². The number of pyridine rings is 1. The molecule has 146 valence electrons. The van der Waals surface area contributed by atoms with Crippen LogP contribution in [0.3, 0.4) is 0 Å². The molecule has 5 nitrogen and oxygen atoms in total. The number of nitrogens with zero attached hydrogens (tertiary/aromatic N) is 4. The van der Waals surface area contributed by atoms with Gasteiger partial charge in [-0.2, -0.15) is 0 Å². The van der Waals surface area contributed by atoms with Crippen molar-refractivity contribution in [2.24, 2.45) is 0 Å². The summed E-state index contributed by atoms with van der Waals surface area (Å²) in [4.78, 5) is 25.7. The molecule has 3 rings (SSSR count). The van der Waals surface area contributed by atoms with Crippen LogP contribution in [0.2, 0.25) is 5.02 Å². The molecule has 0 bridgehead atoms. The molecule has 0 fully saturated rings. The van der Waals surface area contributed by atoms with Crippen molar-refractivity contribution in [2.75, 3.05) is 27.2 Å². The molecule has 0 atom stereocenters. The van der Waals surface area contributed by atoms with Gasteiger partial charge >= 0.3 is 0 Å².